The van der Waals surface area contributed by atoms with Crippen LogP contribution in [0.4, 0.5) is 0 Å². The molecule has 1 atom stereocenters. The molecule has 1 unspecified atom stereocenters. The van der Waals surface area contributed by atoms with Gasteiger partial charge in [-0.15, -0.1) is 0 Å². The Balaban J connectivity index is 2.24. The van der Waals surface area contributed by atoms with Gasteiger partial charge in [-0.25, -0.2) is 0 Å². The van der Waals surface area contributed by atoms with E-state index in [1.807, 2.05) is 12.1 Å². The van der Waals surface area contributed by atoms with Gasteiger partial charge in [0.25, 0.3) is 0 Å². The van der Waals surface area contributed by atoms with Crippen molar-refractivity contribution < 1.29 is 9.47 Å². The lowest BCUT2D eigenvalue weighted by molar-refractivity contribution is 0.116. The summed E-state index contributed by atoms with van der Waals surface area (Å²) in [6, 6.07) is 6.09. The smallest absolute Gasteiger partial charge is 0.165 e. The number of para-hydroxylation sites is 1. The van der Waals surface area contributed by atoms with Crippen LogP contribution < -0.4 is 15.2 Å². The topological polar surface area (TPSA) is 44.5 Å². The maximum atomic E-state index is 6.01. The van der Waals surface area contributed by atoms with Crippen LogP contribution in [-0.2, 0) is 6.42 Å². The Morgan fingerprint density at radius 2 is 2.11 bits per heavy atom. The van der Waals surface area contributed by atoms with E-state index in [1.165, 1.54) is 5.56 Å². The fourth-order valence-corrected chi connectivity index (χ4v) is 2.30. The molecular formula is C15H23NO2. The van der Waals surface area contributed by atoms with E-state index >= 15 is 0 Å². The van der Waals surface area contributed by atoms with Crippen LogP contribution in [0.25, 0.3) is 0 Å². The van der Waals surface area contributed by atoms with Gasteiger partial charge in [0, 0.05) is 18.5 Å². The standard InChI is InChI=1S/C15H23NO2/c1-10(2)13(9-16)17-12-7-5-6-11-8-15(3,4)18-14(11)12/h5-7,10,13H,8-9,16H2,1-4H3. The maximum absolute atomic E-state index is 6.01. The third-order valence-electron chi connectivity index (χ3n) is 3.31. The second kappa shape index (κ2) is 4.81. The predicted octanol–water partition coefficient (Wildman–Crippen LogP) is 2.76. The largest absolute Gasteiger partial charge is 0.485 e. The summed E-state index contributed by atoms with van der Waals surface area (Å²) in [5.74, 6) is 2.10. The minimum Gasteiger partial charge on any atom is -0.485 e. The van der Waals surface area contributed by atoms with Crippen LogP contribution in [0.3, 0.4) is 0 Å². The zero-order chi connectivity index (χ0) is 13.3. The van der Waals surface area contributed by atoms with E-state index in [9.17, 15) is 0 Å². The predicted molar refractivity (Wildman–Crippen MR) is 73.2 cm³/mol. The highest BCUT2D eigenvalue weighted by atomic mass is 16.5. The molecule has 3 nitrogen and oxygen atoms in total. The molecule has 1 aliphatic rings. The molecule has 1 aromatic rings. The Hall–Kier alpha value is -1.22. The number of benzene rings is 1. The lowest BCUT2D eigenvalue weighted by Gasteiger charge is -2.23. The first-order chi connectivity index (χ1) is 8.43. The van der Waals surface area contributed by atoms with Crippen molar-refractivity contribution in [3.8, 4) is 11.5 Å². The summed E-state index contributed by atoms with van der Waals surface area (Å²) in [6.45, 7) is 8.95. The lowest BCUT2D eigenvalue weighted by atomic mass is 10.0. The highest BCUT2D eigenvalue weighted by Gasteiger charge is 2.32. The van der Waals surface area contributed by atoms with Crippen molar-refractivity contribution in [2.75, 3.05) is 6.54 Å². The molecule has 0 spiro atoms. The van der Waals surface area contributed by atoms with E-state index in [-0.39, 0.29) is 11.7 Å². The molecule has 0 aromatic heterocycles. The Morgan fingerprint density at radius 1 is 1.39 bits per heavy atom. The average molecular weight is 249 g/mol. The first-order valence-electron chi connectivity index (χ1n) is 6.60. The number of hydrogen-bond donors (Lipinski definition) is 1. The molecule has 0 bridgehead atoms. The van der Waals surface area contributed by atoms with Crippen LogP contribution in [0.1, 0.15) is 33.3 Å². The minimum absolute atomic E-state index is 0.0313. The maximum Gasteiger partial charge on any atom is 0.165 e. The molecule has 0 fully saturated rings. The summed E-state index contributed by atoms with van der Waals surface area (Å²) >= 11 is 0. The van der Waals surface area contributed by atoms with Gasteiger partial charge in [-0.1, -0.05) is 26.0 Å². The van der Waals surface area contributed by atoms with Crippen molar-refractivity contribution in [2.24, 2.45) is 11.7 Å². The minimum atomic E-state index is -0.141. The van der Waals surface area contributed by atoms with E-state index in [1.54, 1.807) is 0 Å². The van der Waals surface area contributed by atoms with Gasteiger partial charge >= 0.3 is 0 Å². The summed E-state index contributed by atoms with van der Waals surface area (Å²) < 4.78 is 12.0. The normalized spacial score (nSPS) is 18.3. The van der Waals surface area contributed by atoms with Gasteiger partial charge in [0.05, 0.1) is 0 Å². The number of ether oxygens (including phenoxy) is 2. The Kier molecular flexibility index (Phi) is 3.53. The third kappa shape index (κ3) is 2.61. The lowest BCUT2D eigenvalue weighted by Crippen LogP contribution is -2.32. The van der Waals surface area contributed by atoms with Gasteiger partial charge in [0.2, 0.25) is 0 Å². The van der Waals surface area contributed by atoms with Gasteiger partial charge in [-0.2, -0.15) is 0 Å². The molecule has 0 aliphatic carbocycles. The number of rotatable bonds is 4. The molecule has 0 saturated carbocycles. The molecular weight excluding hydrogens is 226 g/mol. The van der Waals surface area contributed by atoms with Crippen LogP contribution in [0.5, 0.6) is 11.5 Å². The average Bonchev–Trinajstić information content (AvgIpc) is 2.60. The number of hydrogen-bond acceptors (Lipinski definition) is 3. The van der Waals surface area contributed by atoms with Gasteiger partial charge in [-0.05, 0) is 25.8 Å². The fraction of sp³-hybridized carbons (Fsp3) is 0.600. The monoisotopic (exact) mass is 249 g/mol. The molecule has 1 aliphatic heterocycles. The molecule has 100 valence electrons. The van der Waals surface area contributed by atoms with E-state index in [4.69, 9.17) is 15.2 Å². The van der Waals surface area contributed by atoms with Crippen LogP contribution in [0.15, 0.2) is 18.2 Å². The third-order valence-corrected chi connectivity index (χ3v) is 3.31. The number of fused-ring (bicyclic) bond motifs is 1. The van der Waals surface area contributed by atoms with Crippen LogP contribution in [0.2, 0.25) is 0 Å². The van der Waals surface area contributed by atoms with E-state index in [0.29, 0.717) is 12.5 Å². The second-order valence-electron chi connectivity index (χ2n) is 5.92. The van der Waals surface area contributed by atoms with E-state index in [0.717, 1.165) is 17.9 Å². The molecule has 0 amide bonds. The Bertz CT molecular complexity index is 427. The molecule has 3 heteroatoms. The molecule has 2 rings (SSSR count). The quantitative estimate of drug-likeness (QED) is 0.892. The molecule has 2 N–H and O–H groups in total. The van der Waals surface area contributed by atoms with Gasteiger partial charge in [-0.3, -0.25) is 0 Å². The summed E-state index contributed by atoms with van der Waals surface area (Å²) in [4.78, 5) is 0. The first-order valence-corrected chi connectivity index (χ1v) is 6.60. The van der Waals surface area contributed by atoms with Crippen molar-refractivity contribution in [1.29, 1.82) is 0 Å². The number of nitrogens with two attached hydrogens (primary N) is 1. The van der Waals surface area contributed by atoms with Crippen molar-refractivity contribution in [3.05, 3.63) is 23.8 Å². The van der Waals surface area contributed by atoms with Crippen LogP contribution >= 0.6 is 0 Å². The summed E-state index contributed by atoms with van der Waals surface area (Å²) in [7, 11) is 0. The summed E-state index contributed by atoms with van der Waals surface area (Å²) in [5.41, 5.74) is 6.83. The van der Waals surface area contributed by atoms with E-state index in [2.05, 4.69) is 33.8 Å². The second-order valence-corrected chi connectivity index (χ2v) is 5.92. The zero-order valence-corrected chi connectivity index (χ0v) is 11.7. The van der Waals surface area contributed by atoms with Crippen molar-refractivity contribution in [1.82, 2.24) is 0 Å². The van der Waals surface area contributed by atoms with Crippen molar-refractivity contribution >= 4 is 0 Å². The highest BCUT2D eigenvalue weighted by Crippen LogP contribution is 2.42. The van der Waals surface area contributed by atoms with Crippen molar-refractivity contribution in [2.45, 2.75) is 45.8 Å². The molecule has 0 radical (unpaired) electrons. The molecule has 18 heavy (non-hydrogen) atoms. The summed E-state index contributed by atoms with van der Waals surface area (Å²) in [6.07, 6.45) is 0.956. The van der Waals surface area contributed by atoms with Gasteiger partial charge in [0.15, 0.2) is 11.5 Å². The van der Waals surface area contributed by atoms with Crippen molar-refractivity contribution in [3.63, 3.8) is 0 Å². The van der Waals surface area contributed by atoms with Crippen LogP contribution in [0, 0.1) is 5.92 Å². The molecule has 1 aromatic carbocycles. The van der Waals surface area contributed by atoms with Crippen LogP contribution in [-0.4, -0.2) is 18.2 Å². The fourth-order valence-electron chi connectivity index (χ4n) is 2.30. The zero-order valence-electron chi connectivity index (χ0n) is 11.7. The van der Waals surface area contributed by atoms with Gasteiger partial charge in [0.1, 0.15) is 11.7 Å². The SMILES string of the molecule is CC(C)C(CN)Oc1cccc2c1OC(C)(C)C2. The molecule has 0 saturated heterocycles. The molecule has 1 heterocycles. The first kappa shape index (κ1) is 13.2. The highest BCUT2D eigenvalue weighted by molar-refractivity contribution is 5.50. The van der Waals surface area contributed by atoms with Gasteiger partial charge < -0.3 is 15.2 Å². The summed E-state index contributed by atoms with van der Waals surface area (Å²) in [5, 5.41) is 0. The van der Waals surface area contributed by atoms with E-state index < -0.39 is 0 Å². The Labute approximate surface area is 109 Å². The Morgan fingerprint density at radius 3 is 2.72 bits per heavy atom.